The Balaban J connectivity index is 0.000000419. The van der Waals surface area contributed by atoms with Gasteiger partial charge in [-0.2, -0.15) is 0 Å². The normalized spacial score (nSPS) is 8.73. The summed E-state index contributed by atoms with van der Waals surface area (Å²) in [5.41, 5.74) is 7.63. The van der Waals surface area contributed by atoms with E-state index in [1.165, 1.54) is 40.3 Å². The zero-order chi connectivity index (χ0) is 25.2. The molecule has 3 rings (SSSR count). The molecule has 3 aromatic carbocycles. The van der Waals surface area contributed by atoms with Gasteiger partial charge in [-0.3, -0.25) is 0 Å². The SMILES string of the molecule is C=C(C)C(=O)O.C=Cc1ccc(C)cc1.C=Cc1cccc(C)c1.C=Cc1ccccc1C. The third kappa shape index (κ3) is 13.9. The number of carboxylic acids is 1. The van der Waals surface area contributed by atoms with E-state index in [4.69, 9.17) is 5.11 Å². The van der Waals surface area contributed by atoms with Gasteiger partial charge >= 0.3 is 5.97 Å². The average molecular weight is 441 g/mol. The number of hydrogen-bond acceptors (Lipinski definition) is 1. The van der Waals surface area contributed by atoms with E-state index in [0.717, 1.165) is 0 Å². The predicted octanol–water partition coefficient (Wildman–Crippen LogP) is 8.56. The zero-order valence-corrected chi connectivity index (χ0v) is 20.3. The summed E-state index contributed by atoms with van der Waals surface area (Å²) in [6, 6.07) is 24.7. The van der Waals surface area contributed by atoms with Crippen LogP contribution in [0.5, 0.6) is 0 Å². The summed E-state index contributed by atoms with van der Waals surface area (Å²) in [6.45, 7) is 21.9. The first-order chi connectivity index (χ1) is 15.6. The van der Waals surface area contributed by atoms with Crippen molar-refractivity contribution >= 4 is 24.2 Å². The summed E-state index contributed by atoms with van der Waals surface area (Å²) in [5.74, 6) is -0.935. The fourth-order valence-corrected chi connectivity index (χ4v) is 2.32. The number of carbonyl (C=O) groups is 1. The Hall–Kier alpha value is -3.91. The van der Waals surface area contributed by atoms with Crippen LogP contribution in [0.1, 0.15) is 40.3 Å². The fraction of sp³-hybridized carbons (Fsp3) is 0.129. The third-order valence-electron chi connectivity index (χ3n) is 4.36. The van der Waals surface area contributed by atoms with Crippen molar-refractivity contribution in [2.24, 2.45) is 0 Å². The summed E-state index contributed by atoms with van der Waals surface area (Å²) < 4.78 is 0. The molecule has 2 heteroatoms. The maximum Gasteiger partial charge on any atom is 0.330 e. The van der Waals surface area contributed by atoms with Gasteiger partial charge in [-0.05, 0) is 49.9 Å². The lowest BCUT2D eigenvalue weighted by Gasteiger charge is -1.95. The predicted molar refractivity (Wildman–Crippen MR) is 146 cm³/mol. The van der Waals surface area contributed by atoms with Crippen molar-refractivity contribution in [1.82, 2.24) is 0 Å². The van der Waals surface area contributed by atoms with E-state index in [1.807, 2.05) is 42.5 Å². The standard InChI is InChI=1S/3C9H10.C4H6O2/c1-3-9-6-4-8(2)5-7-9;1-3-9-6-4-5-8(2)7-9;1-3-9-7-5-4-6-8(9)2;1-3(2)4(5)6/h3*3-7H,1H2,2H3;1H2,2H3,(H,5,6). The van der Waals surface area contributed by atoms with Crippen LogP contribution in [-0.2, 0) is 4.79 Å². The van der Waals surface area contributed by atoms with E-state index < -0.39 is 5.97 Å². The van der Waals surface area contributed by atoms with Crippen LogP contribution in [0, 0.1) is 20.8 Å². The largest absolute Gasteiger partial charge is 0.478 e. The molecule has 0 heterocycles. The summed E-state index contributed by atoms with van der Waals surface area (Å²) in [4.78, 5) is 9.60. The molecule has 0 aliphatic carbocycles. The van der Waals surface area contributed by atoms with E-state index in [-0.39, 0.29) is 5.57 Å². The van der Waals surface area contributed by atoms with Crippen molar-refractivity contribution < 1.29 is 9.90 Å². The van der Waals surface area contributed by atoms with Crippen LogP contribution in [0.2, 0.25) is 0 Å². The van der Waals surface area contributed by atoms with Crippen LogP contribution in [0.3, 0.4) is 0 Å². The molecule has 0 bridgehead atoms. The Morgan fingerprint density at radius 2 is 1.27 bits per heavy atom. The molecule has 0 unspecified atom stereocenters. The van der Waals surface area contributed by atoms with Crippen LogP contribution in [0.25, 0.3) is 18.2 Å². The maximum atomic E-state index is 9.60. The highest BCUT2D eigenvalue weighted by Gasteiger charge is 1.90. The molecule has 0 spiro atoms. The number of benzene rings is 3. The second kappa shape index (κ2) is 16.7. The van der Waals surface area contributed by atoms with Crippen molar-refractivity contribution in [1.29, 1.82) is 0 Å². The molecule has 0 amide bonds. The van der Waals surface area contributed by atoms with Crippen LogP contribution in [0.15, 0.2) is 105 Å². The molecule has 172 valence electrons. The van der Waals surface area contributed by atoms with Crippen molar-refractivity contribution in [2.75, 3.05) is 0 Å². The summed E-state index contributed by atoms with van der Waals surface area (Å²) >= 11 is 0. The molecule has 2 nitrogen and oxygen atoms in total. The van der Waals surface area contributed by atoms with E-state index >= 15 is 0 Å². The van der Waals surface area contributed by atoms with Gasteiger partial charge in [-0.25, -0.2) is 4.79 Å². The Bertz CT molecular complexity index is 1030. The van der Waals surface area contributed by atoms with Gasteiger partial charge in [0.15, 0.2) is 0 Å². The van der Waals surface area contributed by atoms with Gasteiger partial charge in [0.2, 0.25) is 0 Å². The van der Waals surface area contributed by atoms with Crippen LogP contribution >= 0.6 is 0 Å². The van der Waals surface area contributed by atoms with E-state index in [2.05, 4.69) is 95.6 Å². The highest BCUT2D eigenvalue weighted by atomic mass is 16.4. The first-order valence-electron chi connectivity index (χ1n) is 10.6. The van der Waals surface area contributed by atoms with Crippen molar-refractivity contribution in [2.45, 2.75) is 27.7 Å². The van der Waals surface area contributed by atoms with Gasteiger partial charge in [0, 0.05) is 5.57 Å². The molecule has 3 aromatic rings. The molecule has 0 saturated carbocycles. The Labute approximate surface area is 200 Å². The quantitative estimate of drug-likeness (QED) is 0.413. The minimum Gasteiger partial charge on any atom is -0.478 e. The molecule has 0 saturated heterocycles. The number of rotatable bonds is 4. The average Bonchev–Trinajstić information content (AvgIpc) is 2.81. The lowest BCUT2D eigenvalue weighted by molar-refractivity contribution is -0.132. The number of aliphatic carboxylic acids is 1. The molecule has 0 aromatic heterocycles. The van der Waals surface area contributed by atoms with Crippen LogP contribution in [0.4, 0.5) is 0 Å². The van der Waals surface area contributed by atoms with Crippen LogP contribution in [-0.4, -0.2) is 11.1 Å². The topological polar surface area (TPSA) is 37.3 Å². The third-order valence-corrected chi connectivity index (χ3v) is 4.36. The van der Waals surface area contributed by atoms with Crippen molar-refractivity contribution in [3.8, 4) is 0 Å². The molecular weight excluding hydrogens is 404 g/mol. The molecule has 0 fully saturated rings. The Morgan fingerprint density at radius 3 is 1.64 bits per heavy atom. The summed E-state index contributed by atoms with van der Waals surface area (Å²) in [7, 11) is 0. The minimum atomic E-state index is -0.935. The molecule has 0 atom stereocenters. The van der Waals surface area contributed by atoms with Crippen molar-refractivity contribution in [3.05, 3.63) is 138 Å². The fourth-order valence-electron chi connectivity index (χ4n) is 2.32. The monoisotopic (exact) mass is 440 g/mol. The van der Waals surface area contributed by atoms with E-state index in [9.17, 15) is 4.79 Å². The summed E-state index contributed by atoms with van der Waals surface area (Å²) in [6.07, 6.45) is 5.57. The van der Waals surface area contributed by atoms with Crippen LogP contribution < -0.4 is 0 Å². The summed E-state index contributed by atoms with van der Waals surface area (Å²) in [5, 5.41) is 7.89. The number of hydrogen-bond donors (Lipinski definition) is 1. The first kappa shape index (κ1) is 29.1. The molecule has 33 heavy (non-hydrogen) atoms. The lowest BCUT2D eigenvalue weighted by atomic mass is 10.1. The number of carboxylic acid groups (broad SMARTS) is 1. The van der Waals surface area contributed by atoms with Gasteiger partial charge in [0.1, 0.15) is 0 Å². The van der Waals surface area contributed by atoms with Gasteiger partial charge in [-0.15, -0.1) is 0 Å². The highest BCUT2D eigenvalue weighted by Crippen LogP contribution is 2.07. The van der Waals surface area contributed by atoms with E-state index in [0.29, 0.717) is 0 Å². The molecule has 0 aliphatic rings. The Kier molecular flexibility index (Phi) is 14.8. The number of aryl methyl sites for hydroxylation is 3. The van der Waals surface area contributed by atoms with Crippen molar-refractivity contribution in [3.63, 3.8) is 0 Å². The Morgan fingerprint density at radius 1 is 0.727 bits per heavy atom. The highest BCUT2D eigenvalue weighted by molar-refractivity contribution is 5.84. The zero-order valence-electron chi connectivity index (χ0n) is 20.3. The first-order valence-corrected chi connectivity index (χ1v) is 10.6. The van der Waals surface area contributed by atoms with Gasteiger partial charge < -0.3 is 5.11 Å². The van der Waals surface area contributed by atoms with Gasteiger partial charge in [-0.1, -0.05) is 128 Å². The molecular formula is C31H36O2. The van der Waals surface area contributed by atoms with Gasteiger partial charge in [0.25, 0.3) is 0 Å². The smallest absolute Gasteiger partial charge is 0.330 e. The molecule has 0 aliphatic heterocycles. The minimum absolute atomic E-state index is 0.176. The molecule has 0 radical (unpaired) electrons. The second-order valence-corrected chi connectivity index (χ2v) is 7.38. The van der Waals surface area contributed by atoms with Gasteiger partial charge in [0.05, 0.1) is 0 Å². The molecule has 1 N–H and O–H groups in total. The lowest BCUT2D eigenvalue weighted by Crippen LogP contribution is -1.92. The maximum absolute atomic E-state index is 9.60. The second-order valence-electron chi connectivity index (χ2n) is 7.38. The van der Waals surface area contributed by atoms with E-state index in [1.54, 1.807) is 0 Å².